The molecule has 0 saturated heterocycles. The largest absolute Gasteiger partial charge is 0.415 e. The molecule has 4 rings (SSSR count). The number of anilines is 1. The van der Waals surface area contributed by atoms with Gasteiger partial charge in [0, 0.05) is 18.0 Å². The van der Waals surface area contributed by atoms with Crippen LogP contribution in [-0.4, -0.2) is 20.2 Å². The molecule has 1 saturated carbocycles. The van der Waals surface area contributed by atoms with Gasteiger partial charge in [0.1, 0.15) is 11.6 Å². The number of benzene rings is 1. The summed E-state index contributed by atoms with van der Waals surface area (Å²) in [6, 6.07) is 2.56. The predicted molar refractivity (Wildman–Crippen MR) is 85.9 cm³/mol. The van der Waals surface area contributed by atoms with Gasteiger partial charge >= 0.3 is 6.43 Å². The van der Waals surface area contributed by atoms with Crippen LogP contribution in [0.2, 0.25) is 0 Å². The molecular formula is C17H13F4N5O. The van der Waals surface area contributed by atoms with Crippen LogP contribution in [0.1, 0.15) is 36.3 Å². The highest BCUT2D eigenvalue weighted by Crippen LogP contribution is 2.49. The van der Waals surface area contributed by atoms with E-state index in [0.29, 0.717) is 18.4 Å². The van der Waals surface area contributed by atoms with Crippen molar-refractivity contribution in [1.82, 2.24) is 20.2 Å². The summed E-state index contributed by atoms with van der Waals surface area (Å²) in [6.07, 6.45) is 0.779. The molecular weight excluding hydrogens is 366 g/mol. The topological polar surface area (TPSA) is 76.7 Å². The van der Waals surface area contributed by atoms with Crippen molar-refractivity contribution in [3.8, 4) is 11.5 Å². The van der Waals surface area contributed by atoms with E-state index in [2.05, 4.69) is 25.5 Å². The van der Waals surface area contributed by atoms with E-state index in [1.54, 1.807) is 6.92 Å². The molecule has 0 bridgehead atoms. The van der Waals surface area contributed by atoms with E-state index < -0.39 is 29.5 Å². The molecule has 1 aliphatic rings. The molecule has 0 radical (unpaired) electrons. The lowest BCUT2D eigenvalue weighted by molar-refractivity contribution is 0.116. The Morgan fingerprint density at radius 3 is 2.22 bits per heavy atom. The van der Waals surface area contributed by atoms with Crippen molar-refractivity contribution in [3.05, 3.63) is 53.2 Å². The fourth-order valence-corrected chi connectivity index (χ4v) is 2.88. The number of halogens is 4. The van der Waals surface area contributed by atoms with Gasteiger partial charge in [0.25, 0.3) is 11.8 Å². The molecule has 1 fully saturated rings. The molecule has 0 amide bonds. The molecule has 2 aromatic heterocycles. The van der Waals surface area contributed by atoms with Gasteiger partial charge in [-0.3, -0.25) is 0 Å². The summed E-state index contributed by atoms with van der Waals surface area (Å²) in [5, 5.41) is 9.70. The second kappa shape index (κ2) is 6.29. The number of hydrogen-bond acceptors (Lipinski definition) is 6. The predicted octanol–water partition coefficient (Wildman–Crippen LogP) is 4.15. The van der Waals surface area contributed by atoms with E-state index in [-0.39, 0.29) is 23.0 Å². The zero-order valence-corrected chi connectivity index (χ0v) is 14.0. The minimum Gasteiger partial charge on any atom is -0.415 e. The van der Waals surface area contributed by atoms with Crippen molar-refractivity contribution in [3.63, 3.8) is 0 Å². The smallest absolute Gasteiger partial charge is 0.314 e. The summed E-state index contributed by atoms with van der Waals surface area (Å²) in [4.78, 5) is 8.11. The van der Waals surface area contributed by atoms with Gasteiger partial charge in [-0.05, 0) is 37.5 Å². The Hall–Kier alpha value is -3.04. The number of alkyl halides is 2. The first-order valence-corrected chi connectivity index (χ1v) is 8.06. The van der Waals surface area contributed by atoms with Crippen LogP contribution >= 0.6 is 0 Å². The maximum atomic E-state index is 14.3. The first-order chi connectivity index (χ1) is 12.9. The minimum atomic E-state index is -2.87. The SMILES string of the molecule is Cc1cc(F)c(C2(Nc3ncc(-c4nnc(C(F)F)o4)cn3)CC2)c(F)c1. The fraction of sp³-hybridized carbons (Fsp3) is 0.294. The zero-order chi connectivity index (χ0) is 19.2. The first kappa shape index (κ1) is 17.4. The third kappa shape index (κ3) is 3.22. The van der Waals surface area contributed by atoms with Crippen molar-refractivity contribution in [1.29, 1.82) is 0 Å². The summed E-state index contributed by atoms with van der Waals surface area (Å²) in [7, 11) is 0. The molecule has 6 nitrogen and oxygen atoms in total. The quantitative estimate of drug-likeness (QED) is 0.671. The third-order valence-corrected chi connectivity index (χ3v) is 4.29. The third-order valence-electron chi connectivity index (χ3n) is 4.29. The summed E-state index contributed by atoms with van der Waals surface area (Å²) in [6.45, 7) is 1.61. The lowest BCUT2D eigenvalue weighted by Crippen LogP contribution is -2.23. The van der Waals surface area contributed by atoms with Crippen LogP contribution in [0.5, 0.6) is 0 Å². The van der Waals surface area contributed by atoms with Crippen LogP contribution in [0.15, 0.2) is 28.9 Å². The second-order valence-corrected chi connectivity index (χ2v) is 6.35. The van der Waals surface area contributed by atoms with Crippen LogP contribution in [0, 0.1) is 18.6 Å². The van der Waals surface area contributed by atoms with Gasteiger partial charge in [0.2, 0.25) is 5.95 Å². The van der Waals surface area contributed by atoms with E-state index in [1.807, 2.05) is 0 Å². The number of aryl methyl sites for hydroxylation is 1. The van der Waals surface area contributed by atoms with Crippen LogP contribution in [0.25, 0.3) is 11.5 Å². The molecule has 0 unspecified atom stereocenters. The number of nitrogens with zero attached hydrogens (tertiary/aromatic N) is 4. The number of nitrogens with one attached hydrogen (secondary N) is 1. The Labute approximate surface area is 150 Å². The molecule has 3 aromatic rings. The molecule has 1 aliphatic carbocycles. The maximum Gasteiger partial charge on any atom is 0.314 e. The van der Waals surface area contributed by atoms with Gasteiger partial charge in [0.05, 0.1) is 11.1 Å². The molecule has 1 N–H and O–H groups in total. The lowest BCUT2D eigenvalue weighted by atomic mass is 10.0. The molecule has 0 spiro atoms. The van der Waals surface area contributed by atoms with E-state index in [9.17, 15) is 17.6 Å². The molecule has 0 aliphatic heterocycles. The average molecular weight is 379 g/mol. The molecule has 1 aromatic carbocycles. The van der Waals surface area contributed by atoms with Gasteiger partial charge in [0.15, 0.2) is 0 Å². The summed E-state index contributed by atoms with van der Waals surface area (Å²) in [5.41, 5.74) is -0.207. The molecule has 10 heteroatoms. The first-order valence-electron chi connectivity index (χ1n) is 8.06. The minimum absolute atomic E-state index is 0.0424. The van der Waals surface area contributed by atoms with Gasteiger partial charge in [-0.25, -0.2) is 18.7 Å². The highest BCUT2D eigenvalue weighted by Gasteiger charge is 2.48. The van der Waals surface area contributed by atoms with E-state index in [1.165, 1.54) is 24.5 Å². The van der Waals surface area contributed by atoms with Crippen LogP contribution in [-0.2, 0) is 5.54 Å². The second-order valence-electron chi connectivity index (χ2n) is 6.35. The van der Waals surface area contributed by atoms with Gasteiger partial charge in [-0.15, -0.1) is 10.2 Å². The van der Waals surface area contributed by atoms with Crippen molar-refractivity contribution in [2.75, 3.05) is 5.32 Å². The molecule has 0 atom stereocenters. The Morgan fingerprint density at radius 1 is 1.07 bits per heavy atom. The molecule has 27 heavy (non-hydrogen) atoms. The molecule has 140 valence electrons. The number of rotatable bonds is 5. The molecule has 2 heterocycles. The highest BCUT2D eigenvalue weighted by atomic mass is 19.3. The van der Waals surface area contributed by atoms with Gasteiger partial charge in [-0.1, -0.05) is 0 Å². The summed E-state index contributed by atoms with van der Waals surface area (Å²) >= 11 is 0. The van der Waals surface area contributed by atoms with Crippen LogP contribution in [0.3, 0.4) is 0 Å². The summed E-state index contributed by atoms with van der Waals surface area (Å²) < 4.78 is 58.4. The van der Waals surface area contributed by atoms with Crippen LogP contribution in [0.4, 0.5) is 23.5 Å². The van der Waals surface area contributed by atoms with E-state index in [4.69, 9.17) is 4.42 Å². The monoisotopic (exact) mass is 379 g/mol. The Morgan fingerprint density at radius 2 is 1.70 bits per heavy atom. The van der Waals surface area contributed by atoms with Crippen molar-refractivity contribution < 1.29 is 22.0 Å². The Balaban J connectivity index is 1.57. The van der Waals surface area contributed by atoms with Crippen LogP contribution < -0.4 is 5.32 Å². The normalized spacial score (nSPS) is 15.2. The van der Waals surface area contributed by atoms with E-state index in [0.717, 1.165) is 0 Å². The lowest BCUT2D eigenvalue weighted by Gasteiger charge is -2.19. The van der Waals surface area contributed by atoms with Gasteiger partial charge in [-0.2, -0.15) is 8.78 Å². The standard InChI is InChI=1S/C17H13F4N5O/c1-8-4-10(18)12(11(19)5-8)17(2-3-17)24-16-22-6-9(7-23-16)14-25-26-15(27-14)13(20)21/h4-7,13H,2-3H2,1H3,(H,22,23,24). The Kier molecular flexibility index (Phi) is 4.05. The number of aromatic nitrogens is 4. The Bertz CT molecular complexity index is 962. The van der Waals surface area contributed by atoms with E-state index >= 15 is 0 Å². The number of hydrogen-bond donors (Lipinski definition) is 1. The van der Waals surface area contributed by atoms with Gasteiger partial charge < -0.3 is 9.73 Å². The summed E-state index contributed by atoms with van der Waals surface area (Å²) in [5.74, 6) is -2.05. The fourth-order valence-electron chi connectivity index (χ4n) is 2.88. The maximum absolute atomic E-state index is 14.3. The zero-order valence-electron chi connectivity index (χ0n) is 14.0. The highest BCUT2D eigenvalue weighted by molar-refractivity contribution is 5.51. The van der Waals surface area contributed by atoms with Crippen molar-refractivity contribution in [2.45, 2.75) is 31.7 Å². The van der Waals surface area contributed by atoms with Crippen molar-refractivity contribution in [2.24, 2.45) is 0 Å². The van der Waals surface area contributed by atoms with Crippen molar-refractivity contribution >= 4 is 5.95 Å². The average Bonchev–Trinajstić information content (AvgIpc) is 3.18.